The van der Waals surface area contributed by atoms with E-state index in [9.17, 15) is 0 Å². The molecular weight excluding hydrogens is 234 g/mol. The van der Waals surface area contributed by atoms with Crippen molar-refractivity contribution in [3.05, 3.63) is 29.0 Å². The van der Waals surface area contributed by atoms with E-state index in [4.69, 9.17) is 11.6 Å². The first kappa shape index (κ1) is 12.1. The fourth-order valence-corrected chi connectivity index (χ4v) is 1.91. The van der Waals surface area contributed by atoms with Crippen LogP contribution in [0.2, 0.25) is 5.28 Å². The molecule has 0 bridgehead atoms. The summed E-state index contributed by atoms with van der Waals surface area (Å²) >= 11 is 5.91. The second-order valence-corrected chi connectivity index (χ2v) is 4.48. The largest absolute Gasteiger partial charge is 0.369 e. The van der Waals surface area contributed by atoms with Gasteiger partial charge < -0.3 is 5.32 Å². The van der Waals surface area contributed by atoms with Crippen LogP contribution < -0.4 is 5.32 Å². The Morgan fingerprint density at radius 1 is 1.29 bits per heavy atom. The number of hydrogen-bond acceptors (Lipinski definition) is 3. The number of rotatable bonds is 4. The third-order valence-corrected chi connectivity index (χ3v) is 2.82. The minimum absolute atomic E-state index is 0.292. The van der Waals surface area contributed by atoms with E-state index in [1.165, 1.54) is 5.56 Å². The summed E-state index contributed by atoms with van der Waals surface area (Å²) < 4.78 is 0. The summed E-state index contributed by atoms with van der Waals surface area (Å²) in [4.78, 5) is 8.48. The molecule has 90 valence electrons. The molecule has 0 spiro atoms. The third-order valence-electron chi connectivity index (χ3n) is 2.65. The minimum atomic E-state index is 0.292. The Morgan fingerprint density at radius 2 is 2.12 bits per heavy atom. The molecule has 3 nitrogen and oxygen atoms in total. The van der Waals surface area contributed by atoms with Gasteiger partial charge in [-0.2, -0.15) is 0 Å². The Kier molecular flexibility index (Phi) is 3.79. The second kappa shape index (κ2) is 5.32. The molecule has 0 aliphatic rings. The second-order valence-electron chi connectivity index (χ2n) is 4.14. The summed E-state index contributed by atoms with van der Waals surface area (Å²) in [6.07, 6.45) is 2.28. The van der Waals surface area contributed by atoms with Crippen molar-refractivity contribution in [3.8, 4) is 0 Å². The van der Waals surface area contributed by atoms with Crippen LogP contribution in [-0.2, 0) is 0 Å². The van der Waals surface area contributed by atoms with Crippen molar-refractivity contribution in [3.63, 3.8) is 0 Å². The summed E-state index contributed by atoms with van der Waals surface area (Å²) in [5.74, 6) is 0.831. The average molecular weight is 250 g/mol. The maximum atomic E-state index is 5.91. The molecule has 0 aliphatic heterocycles. The molecule has 0 aliphatic carbocycles. The summed E-state index contributed by atoms with van der Waals surface area (Å²) in [7, 11) is 0. The SMILES string of the molecule is CCCCNc1nc(Cl)nc2ccc(C)cc12. The van der Waals surface area contributed by atoms with Crippen molar-refractivity contribution in [2.24, 2.45) is 0 Å². The molecule has 0 saturated heterocycles. The predicted octanol–water partition coefficient (Wildman–Crippen LogP) is 3.80. The molecule has 2 rings (SSSR count). The first-order valence-corrected chi connectivity index (χ1v) is 6.26. The van der Waals surface area contributed by atoms with Crippen LogP contribution in [0, 0.1) is 6.92 Å². The van der Waals surface area contributed by atoms with E-state index in [-0.39, 0.29) is 0 Å². The van der Waals surface area contributed by atoms with Crippen LogP contribution in [0.15, 0.2) is 18.2 Å². The van der Waals surface area contributed by atoms with Crippen LogP contribution in [0.3, 0.4) is 0 Å². The summed E-state index contributed by atoms with van der Waals surface area (Å²) in [5, 5.41) is 4.65. The minimum Gasteiger partial charge on any atom is -0.369 e. The fraction of sp³-hybridized carbons (Fsp3) is 0.385. The Balaban J connectivity index is 2.40. The number of nitrogens with one attached hydrogen (secondary N) is 1. The van der Waals surface area contributed by atoms with Gasteiger partial charge >= 0.3 is 0 Å². The van der Waals surface area contributed by atoms with Crippen molar-refractivity contribution < 1.29 is 0 Å². The Hall–Kier alpha value is -1.35. The molecule has 0 unspecified atom stereocenters. The summed E-state index contributed by atoms with van der Waals surface area (Å²) in [6, 6.07) is 6.09. The molecule has 2 aromatic rings. The van der Waals surface area contributed by atoms with Gasteiger partial charge in [-0.05, 0) is 37.1 Å². The smallest absolute Gasteiger partial charge is 0.224 e. The first-order chi connectivity index (χ1) is 8.20. The Morgan fingerprint density at radius 3 is 2.88 bits per heavy atom. The lowest BCUT2D eigenvalue weighted by molar-refractivity contribution is 0.831. The standard InChI is InChI=1S/C13H16ClN3/c1-3-4-7-15-12-10-8-9(2)5-6-11(10)16-13(14)17-12/h5-6,8H,3-4,7H2,1-2H3,(H,15,16,17). The van der Waals surface area contributed by atoms with E-state index in [2.05, 4.69) is 35.2 Å². The van der Waals surface area contributed by atoms with Crippen LogP contribution in [0.25, 0.3) is 10.9 Å². The van der Waals surface area contributed by atoms with E-state index in [1.807, 2.05) is 12.1 Å². The van der Waals surface area contributed by atoms with Gasteiger partial charge in [0.05, 0.1) is 5.52 Å². The molecule has 0 amide bonds. The van der Waals surface area contributed by atoms with E-state index < -0.39 is 0 Å². The topological polar surface area (TPSA) is 37.8 Å². The molecule has 0 fully saturated rings. The van der Waals surface area contributed by atoms with Crippen molar-refractivity contribution in [1.82, 2.24) is 9.97 Å². The number of nitrogens with zero attached hydrogens (tertiary/aromatic N) is 2. The number of aryl methyl sites for hydroxylation is 1. The van der Waals surface area contributed by atoms with Crippen molar-refractivity contribution in [1.29, 1.82) is 0 Å². The number of halogens is 1. The highest BCUT2D eigenvalue weighted by atomic mass is 35.5. The quantitative estimate of drug-likeness (QED) is 0.662. The summed E-state index contributed by atoms with van der Waals surface area (Å²) in [6.45, 7) is 5.13. The number of benzene rings is 1. The lowest BCUT2D eigenvalue weighted by Crippen LogP contribution is -2.04. The zero-order valence-electron chi connectivity index (χ0n) is 10.1. The van der Waals surface area contributed by atoms with E-state index in [0.29, 0.717) is 5.28 Å². The van der Waals surface area contributed by atoms with Crippen molar-refractivity contribution in [2.45, 2.75) is 26.7 Å². The van der Waals surface area contributed by atoms with Crippen LogP contribution in [-0.4, -0.2) is 16.5 Å². The lowest BCUT2D eigenvalue weighted by Gasteiger charge is -2.09. The fourth-order valence-electron chi connectivity index (χ4n) is 1.73. The zero-order chi connectivity index (χ0) is 12.3. The molecule has 17 heavy (non-hydrogen) atoms. The van der Waals surface area contributed by atoms with Crippen molar-refractivity contribution >= 4 is 28.3 Å². The Bertz CT molecular complexity index is 525. The van der Waals surface area contributed by atoms with Crippen LogP contribution in [0.4, 0.5) is 5.82 Å². The average Bonchev–Trinajstić information content (AvgIpc) is 2.30. The van der Waals surface area contributed by atoms with Gasteiger partial charge in [-0.1, -0.05) is 25.0 Å². The van der Waals surface area contributed by atoms with Gasteiger partial charge in [-0.15, -0.1) is 0 Å². The number of anilines is 1. The molecule has 1 N–H and O–H groups in total. The molecule has 0 atom stereocenters. The third kappa shape index (κ3) is 2.86. The maximum absolute atomic E-state index is 5.91. The van der Waals surface area contributed by atoms with Crippen molar-refractivity contribution in [2.75, 3.05) is 11.9 Å². The van der Waals surface area contributed by atoms with Crippen LogP contribution in [0.1, 0.15) is 25.3 Å². The monoisotopic (exact) mass is 249 g/mol. The van der Waals surface area contributed by atoms with E-state index in [0.717, 1.165) is 36.1 Å². The highest BCUT2D eigenvalue weighted by Gasteiger charge is 2.06. The molecule has 1 aromatic carbocycles. The highest BCUT2D eigenvalue weighted by molar-refractivity contribution is 6.28. The first-order valence-electron chi connectivity index (χ1n) is 5.88. The van der Waals surface area contributed by atoms with Gasteiger partial charge in [0.15, 0.2) is 0 Å². The number of aromatic nitrogens is 2. The molecule has 1 heterocycles. The van der Waals surface area contributed by atoms with Crippen LogP contribution in [0.5, 0.6) is 0 Å². The normalized spacial score (nSPS) is 10.8. The lowest BCUT2D eigenvalue weighted by atomic mass is 10.1. The molecule has 4 heteroatoms. The predicted molar refractivity (Wildman–Crippen MR) is 72.7 cm³/mol. The van der Waals surface area contributed by atoms with Gasteiger partial charge in [0, 0.05) is 11.9 Å². The number of unbranched alkanes of at least 4 members (excludes halogenated alkanes) is 1. The molecular formula is C13H16ClN3. The van der Waals surface area contributed by atoms with Gasteiger partial charge in [-0.3, -0.25) is 0 Å². The number of hydrogen-bond donors (Lipinski definition) is 1. The molecule has 0 radical (unpaired) electrons. The maximum Gasteiger partial charge on any atom is 0.224 e. The van der Waals surface area contributed by atoms with E-state index >= 15 is 0 Å². The van der Waals surface area contributed by atoms with Gasteiger partial charge in [0.25, 0.3) is 0 Å². The Labute approximate surface area is 106 Å². The number of fused-ring (bicyclic) bond motifs is 1. The van der Waals surface area contributed by atoms with Gasteiger partial charge in [0.2, 0.25) is 5.28 Å². The van der Waals surface area contributed by atoms with E-state index in [1.54, 1.807) is 0 Å². The highest BCUT2D eigenvalue weighted by Crippen LogP contribution is 2.23. The summed E-state index contributed by atoms with van der Waals surface area (Å²) in [5.41, 5.74) is 2.08. The van der Waals surface area contributed by atoms with Crippen LogP contribution >= 0.6 is 11.6 Å². The van der Waals surface area contributed by atoms with Gasteiger partial charge in [0.1, 0.15) is 5.82 Å². The van der Waals surface area contributed by atoms with Gasteiger partial charge in [-0.25, -0.2) is 9.97 Å². The molecule has 0 saturated carbocycles. The zero-order valence-corrected chi connectivity index (χ0v) is 10.9. The molecule has 1 aromatic heterocycles.